The van der Waals surface area contributed by atoms with Crippen molar-refractivity contribution in [3.05, 3.63) is 117 Å². The zero-order chi connectivity index (χ0) is 17.3. The number of rotatable bonds is 4. The molecule has 0 heterocycles. The molecule has 0 spiro atoms. The van der Waals surface area contributed by atoms with Crippen molar-refractivity contribution in [2.75, 3.05) is 0 Å². The molecule has 5 rings (SSSR count). The normalized spacial score (nSPS) is 14.8. The largest absolute Gasteiger partial charge is 0.116 e. The van der Waals surface area contributed by atoms with Crippen LogP contribution < -0.4 is 0 Å². The Morgan fingerprint density at radius 1 is 0.577 bits per heavy atom. The van der Waals surface area contributed by atoms with Gasteiger partial charge in [-0.15, -0.1) is 0 Å². The van der Waals surface area contributed by atoms with Crippen molar-refractivity contribution in [1.82, 2.24) is 0 Å². The molecular formula is C25H21Si. The minimum absolute atomic E-state index is 0.763. The van der Waals surface area contributed by atoms with Gasteiger partial charge in [-0.25, -0.2) is 0 Å². The first-order valence-corrected chi connectivity index (χ1v) is 11.0. The van der Waals surface area contributed by atoms with Crippen LogP contribution in [0.3, 0.4) is 0 Å². The van der Waals surface area contributed by atoms with E-state index in [-0.39, 0.29) is 0 Å². The number of hydrogen-bond donors (Lipinski definition) is 0. The van der Waals surface area contributed by atoms with Gasteiger partial charge in [0.2, 0.25) is 0 Å². The van der Waals surface area contributed by atoms with Crippen molar-refractivity contribution >= 4 is 20.9 Å². The smallest absolute Gasteiger partial charge is 0.0722 e. The van der Waals surface area contributed by atoms with Gasteiger partial charge in [0.25, 0.3) is 0 Å². The van der Waals surface area contributed by atoms with Gasteiger partial charge in [0.05, 0.1) is 0 Å². The molecule has 3 aromatic carbocycles. The highest BCUT2D eigenvalue weighted by Gasteiger charge is 2.28. The first kappa shape index (κ1) is 15.6. The summed E-state index contributed by atoms with van der Waals surface area (Å²) in [5.41, 5.74) is 7.31. The summed E-state index contributed by atoms with van der Waals surface area (Å²) in [6.07, 6.45) is 7.22. The van der Waals surface area contributed by atoms with Crippen molar-refractivity contribution in [2.45, 2.75) is 18.9 Å². The standard InChI is InChI=1S/C25H21Si/c1-2-8-19(9-3-1)18-26(24-14-20-10-4-5-11-21(20)15-24)25-16-22-12-6-7-13-23(22)17-25/h1-14,16H,15,17-18H2. The Kier molecular flexibility index (Phi) is 3.95. The molecule has 0 aromatic heterocycles. The molecule has 0 amide bonds. The van der Waals surface area contributed by atoms with Crippen molar-refractivity contribution in [3.63, 3.8) is 0 Å². The number of benzene rings is 3. The van der Waals surface area contributed by atoms with Crippen LogP contribution in [0.25, 0.3) is 12.2 Å². The molecule has 1 heteroatoms. The second-order valence-electron chi connectivity index (χ2n) is 7.23. The predicted octanol–water partition coefficient (Wildman–Crippen LogP) is 5.62. The van der Waals surface area contributed by atoms with Crippen LogP contribution >= 0.6 is 0 Å². The van der Waals surface area contributed by atoms with Crippen molar-refractivity contribution < 1.29 is 0 Å². The lowest BCUT2D eigenvalue weighted by Crippen LogP contribution is -2.24. The van der Waals surface area contributed by atoms with Gasteiger partial charge in [0, 0.05) is 0 Å². The summed E-state index contributed by atoms with van der Waals surface area (Å²) in [7, 11) is -0.763. The molecule has 2 aliphatic rings. The van der Waals surface area contributed by atoms with Gasteiger partial charge in [-0.05, 0) is 41.1 Å². The van der Waals surface area contributed by atoms with Gasteiger partial charge in [-0.1, -0.05) is 107 Å². The van der Waals surface area contributed by atoms with E-state index in [2.05, 4.69) is 91.0 Å². The van der Waals surface area contributed by atoms with Gasteiger partial charge in [-0.2, -0.15) is 0 Å². The molecule has 3 aromatic rings. The molecule has 0 aliphatic heterocycles. The molecule has 1 radical (unpaired) electrons. The molecule has 0 nitrogen and oxygen atoms in total. The average molecular weight is 350 g/mol. The molecule has 125 valence electrons. The molecule has 0 N–H and O–H groups in total. The zero-order valence-corrected chi connectivity index (χ0v) is 15.8. The maximum Gasteiger partial charge on any atom is 0.116 e. The van der Waals surface area contributed by atoms with Crippen LogP contribution in [0.15, 0.2) is 89.3 Å². The Balaban J connectivity index is 1.51. The Morgan fingerprint density at radius 3 is 1.62 bits per heavy atom. The fourth-order valence-corrected chi connectivity index (χ4v) is 7.16. The second-order valence-corrected chi connectivity index (χ2v) is 9.83. The highest BCUT2D eigenvalue weighted by Crippen LogP contribution is 2.34. The summed E-state index contributed by atoms with van der Waals surface area (Å²) >= 11 is 0. The molecule has 26 heavy (non-hydrogen) atoms. The second kappa shape index (κ2) is 6.58. The third kappa shape index (κ3) is 2.89. The number of hydrogen-bond acceptors (Lipinski definition) is 0. The minimum Gasteiger partial charge on any atom is -0.0722 e. The number of allylic oxidation sites excluding steroid dienone is 2. The van der Waals surface area contributed by atoms with Crippen LogP contribution in [0.1, 0.15) is 27.8 Å². The summed E-state index contributed by atoms with van der Waals surface area (Å²) in [6.45, 7) is 0. The minimum atomic E-state index is -0.763. The lowest BCUT2D eigenvalue weighted by Gasteiger charge is -2.18. The monoisotopic (exact) mass is 349 g/mol. The quantitative estimate of drug-likeness (QED) is 0.536. The molecule has 0 saturated carbocycles. The highest BCUT2D eigenvalue weighted by molar-refractivity contribution is 6.75. The van der Waals surface area contributed by atoms with Crippen LogP contribution in [0.5, 0.6) is 0 Å². The Bertz CT molecular complexity index is 948. The van der Waals surface area contributed by atoms with Gasteiger partial charge in [0.15, 0.2) is 0 Å². The lowest BCUT2D eigenvalue weighted by molar-refractivity contribution is 1.21. The van der Waals surface area contributed by atoms with Crippen LogP contribution in [0.2, 0.25) is 0 Å². The van der Waals surface area contributed by atoms with Crippen LogP contribution in [-0.2, 0) is 18.9 Å². The first-order valence-electron chi connectivity index (χ1n) is 9.34. The molecule has 0 fully saturated rings. The zero-order valence-electron chi connectivity index (χ0n) is 14.8. The molecule has 0 saturated heterocycles. The first-order chi connectivity index (χ1) is 12.9. The SMILES string of the molecule is C1=C([Si](Cc2ccccc2)C2=Cc3ccccc3C2)Cc2ccccc21. The summed E-state index contributed by atoms with van der Waals surface area (Å²) in [5.74, 6) is 0. The maximum absolute atomic E-state index is 2.48. The van der Waals surface area contributed by atoms with Crippen LogP contribution in [-0.4, -0.2) is 8.80 Å². The van der Waals surface area contributed by atoms with E-state index < -0.39 is 8.80 Å². The summed E-state index contributed by atoms with van der Waals surface area (Å²) in [5, 5.41) is 3.33. The average Bonchev–Trinajstić information content (AvgIpc) is 3.30. The fraction of sp³-hybridized carbons (Fsp3) is 0.120. The van der Waals surface area contributed by atoms with E-state index in [9.17, 15) is 0 Å². The van der Waals surface area contributed by atoms with E-state index in [4.69, 9.17) is 0 Å². The summed E-state index contributed by atoms with van der Waals surface area (Å²) in [4.78, 5) is 0. The van der Waals surface area contributed by atoms with E-state index in [1.807, 2.05) is 0 Å². The van der Waals surface area contributed by atoms with E-state index >= 15 is 0 Å². The van der Waals surface area contributed by atoms with Gasteiger partial charge < -0.3 is 0 Å². The van der Waals surface area contributed by atoms with Gasteiger partial charge in [0.1, 0.15) is 8.80 Å². The van der Waals surface area contributed by atoms with Crippen LogP contribution in [0, 0.1) is 0 Å². The van der Waals surface area contributed by atoms with E-state index in [0.29, 0.717) is 0 Å². The third-order valence-corrected chi connectivity index (χ3v) is 8.48. The van der Waals surface area contributed by atoms with E-state index in [1.165, 1.54) is 33.9 Å². The Hall–Kier alpha value is -2.64. The van der Waals surface area contributed by atoms with Gasteiger partial charge in [-0.3, -0.25) is 0 Å². The maximum atomic E-state index is 2.48. The lowest BCUT2D eigenvalue weighted by atomic mass is 10.1. The van der Waals surface area contributed by atoms with Crippen molar-refractivity contribution in [2.24, 2.45) is 0 Å². The molecule has 0 atom stereocenters. The van der Waals surface area contributed by atoms with Gasteiger partial charge >= 0.3 is 0 Å². The molecule has 0 bridgehead atoms. The predicted molar refractivity (Wildman–Crippen MR) is 112 cm³/mol. The highest BCUT2D eigenvalue weighted by atomic mass is 28.3. The summed E-state index contributed by atoms with van der Waals surface area (Å²) < 4.78 is 0. The van der Waals surface area contributed by atoms with Crippen molar-refractivity contribution in [3.8, 4) is 0 Å². The fourth-order valence-electron chi connectivity index (χ4n) is 4.18. The number of fused-ring (bicyclic) bond motifs is 2. The Labute approximate surface area is 157 Å². The van der Waals surface area contributed by atoms with Crippen molar-refractivity contribution in [1.29, 1.82) is 0 Å². The molecule has 2 aliphatic carbocycles. The molecule has 0 unspecified atom stereocenters. The Morgan fingerprint density at radius 2 is 1.08 bits per heavy atom. The molecular weight excluding hydrogens is 328 g/mol. The van der Waals surface area contributed by atoms with E-state index in [1.54, 1.807) is 10.4 Å². The third-order valence-electron chi connectivity index (χ3n) is 5.53. The topological polar surface area (TPSA) is 0 Å². The van der Waals surface area contributed by atoms with Crippen LogP contribution in [0.4, 0.5) is 0 Å². The van der Waals surface area contributed by atoms with E-state index in [0.717, 1.165) is 12.8 Å². The summed E-state index contributed by atoms with van der Waals surface area (Å²) in [6, 6.07) is 30.0.